The molecule has 0 radical (unpaired) electrons. The van der Waals surface area contributed by atoms with Crippen molar-refractivity contribution in [3.63, 3.8) is 0 Å². The second-order valence-corrected chi connectivity index (χ2v) is 5.27. The first-order valence-electron chi connectivity index (χ1n) is 6.09. The summed E-state index contributed by atoms with van der Waals surface area (Å²) in [6, 6.07) is 2.71. The molecule has 0 spiro atoms. The van der Waals surface area contributed by atoms with E-state index in [-0.39, 0.29) is 6.10 Å². The molecule has 0 amide bonds. The minimum atomic E-state index is 0.283. The Kier molecular flexibility index (Phi) is 2.09. The van der Waals surface area contributed by atoms with Crippen LogP contribution in [0, 0.1) is 5.92 Å². The van der Waals surface area contributed by atoms with Crippen LogP contribution in [0.15, 0.2) is 6.07 Å². The summed E-state index contributed by atoms with van der Waals surface area (Å²) >= 11 is 0. The molecule has 1 aromatic heterocycles. The fourth-order valence-electron chi connectivity index (χ4n) is 2.50. The van der Waals surface area contributed by atoms with E-state index in [2.05, 4.69) is 37.1 Å². The Morgan fingerprint density at radius 2 is 2.25 bits per heavy atom. The Hall–Kier alpha value is -1.25. The van der Waals surface area contributed by atoms with Gasteiger partial charge >= 0.3 is 0 Å². The maximum absolute atomic E-state index is 5.74. The van der Waals surface area contributed by atoms with Crippen molar-refractivity contribution in [3.05, 3.63) is 17.3 Å². The molecule has 0 fully saturated rings. The Morgan fingerprint density at radius 3 is 3.00 bits per heavy atom. The maximum Gasteiger partial charge on any atom is 0.141 e. The van der Waals surface area contributed by atoms with E-state index in [9.17, 15) is 0 Å². The largest absolute Gasteiger partial charge is 0.488 e. The van der Waals surface area contributed by atoms with Crippen LogP contribution in [0.5, 0.6) is 5.75 Å². The van der Waals surface area contributed by atoms with E-state index in [1.165, 1.54) is 5.56 Å². The first kappa shape index (κ1) is 9.94. The Bertz CT molecular complexity index is 393. The van der Waals surface area contributed by atoms with Crippen LogP contribution in [0.4, 0.5) is 5.82 Å². The van der Waals surface area contributed by atoms with Gasteiger partial charge in [-0.2, -0.15) is 0 Å². The average Bonchev–Trinajstić information content (AvgIpc) is 2.74. The molecule has 1 aromatic rings. The normalized spacial score (nSPS) is 26.2. The third-order valence-electron chi connectivity index (χ3n) is 3.52. The van der Waals surface area contributed by atoms with Gasteiger partial charge in [0.1, 0.15) is 17.7 Å². The zero-order valence-electron chi connectivity index (χ0n) is 10.1. The van der Waals surface area contributed by atoms with E-state index in [1.807, 2.05) is 0 Å². The summed E-state index contributed by atoms with van der Waals surface area (Å²) in [6.45, 7) is 6.59. The predicted molar refractivity (Wildman–Crippen MR) is 64.0 cm³/mol. The monoisotopic (exact) mass is 218 g/mol. The fraction of sp³-hybridized carbons (Fsp3) is 0.615. The van der Waals surface area contributed by atoms with E-state index < -0.39 is 0 Å². The minimum Gasteiger partial charge on any atom is -0.488 e. The lowest BCUT2D eigenvalue weighted by atomic mass is 10.0. The third-order valence-corrected chi connectivity index (χ3v) is 3.52. The van der Waals surface area contributed by atoms with Crippen molar-refractivity contribution in [3.8, 4) is 5.75 Å². The number of nitrogens with zero attached hydrogens (tertiary/aromatic N) is 1. The van der Waals surface area contributed by atoms with Crippen LogP contribution in [0.3, 0.4) is 0 Å². The second kappa shape index (κ2) is 3.37. The van der Waals surface area contributed by atoms with Crippen LogP contribution >= 0.6 is 0 Å². The summed E-state index contributed by atoms with van der Waals surface area (Å²) in [5.41, 5.74) is 2.43. The van der Waals surface area contributed by atoms with Crippen LogP contribution < -0.4 is 10.1 Å². The highest BCUT2D eigenvalue weighted by molar-refractivity contribution is 5.55. The molecule has 3 rings (SSSR count). The number of rotatable bonds is 1. The van der Waals surface area contributed by atoms with Crippen LogP contribution in [0.1, 0.15) is 32.0 Å². The predicted octanol–water partition coefficient (Wildman–Crippen LogP) is 2.40. The van der Waals surface area contributed by atoms with Crippen LogP contribution in [0.25, 0.3) is 0 Å². The number of hydrogen-bond acceptors (Lipinski definition) is 3. The van der Waals surface area contributed by atoms with Gasteiger partial charge in [0.05, 0.1) is 5.69 Å². The zero-order valence-corrected chi connectivity index (χ0v) is 10.1. The quantitative estimate of drug-likeness (QED) is 0.786. The summed E-state index contributed by atoms with van der Waals surface area (Å²) < 4.78 is 5.74. The SMILES string of the molecule is CC1Cc2nc3c(cc2O1)CC(C(C)C)N3. The molecule has 16 heavy (non-hydrogen) atoms. The van der Waals surface area contributed by atoms with Crippen molar-refractivity contribution in [1.29, 1.82) is 0 Å². The number of fused-ring (bicyclic) bond motifs is 2. The number of aromatic nitrogens is 1. The van der Waals surface area contributed by atoms with Crippen LogP contribution in [0.2, 0.25) is 0 Å². The summed E-state index contributed by atoms with van der Waals surface area (Å²) in [5.74, 6) is 2.72. The van der Waals surface area contributed by atoms with Gasteiger partial charge in [0.2, 0.25) is 0 Å². The summed E-state index contributed by atoms with van der Waals surface area (Å²) in [4.78, 5) is 4.68. The van der Waals surface area contributed by atoms with E-state index in [1.54, 1.807) is 0 Å². The van der Waals surface area contributed by atoms with Gasteiger partial charge in [-0.3, -0.25) is 0 Å². The molecule has 2 aliphatic rings. The van der Waals surface area contributed by atoms with Crippen molar-refractivity contribution in [1.82, 2.24) is 4.98 Å². The molecule has 0 aromatic carbocycles. The lowest BCUT2D eigenvalue weighted by Gasteiger charge is -2.14. The molecular weight excluding hydrogens is 200 g/mol. The fourth-order valence-corrected chi connectivity index (χ4v) is 2.50. The molecule has 0 aliphatic carbocycles. The Labute approximate surface area is 96.2 Å². The van der Waals surface area contributed by atoms with E-state index in [0.717, 1.165) is 30.1 Å². The molecule has 0 saturated heterocycles. The van der Waals surface area contributed by atoms with Gasteiger partial charge in [0, 0.05) is 18.0 Å². The number of anilines is 1. The molecular formula is C13H18N2O. The lowest BCUT2D eigenvalue weighted by Crippen LogP contribution is -2.22. The van der Waals surface area contributed by atoms with Crippen molar-refractivity contribution >= 4 is 5.82 Å². The zero-order chi connectivity index (χ0) is 11.3. The molecule has 0 saturated carbocycles. The van der Waals surface area contributed by atoms with E-state index in [0.29, 0.717) is 12.0 Å². The number of pyridine rings is 1. The van der Waals surface area contributed by atoms with Gasteiger partial charge in [0.25, 0.3) is 0 Å². The Balaban J connectivity index is 1.92. The number of ether oxygens (including phenoxy) is 1. The molecule has 2 aliphatic heterocycles. The van der Waals surface area contributed by atoms with Gasteiger partial charge < -0.3 is 10.1 Å². The molecule has 0 bridgehead atoms. The number of hydrogen-bond donors (Lipinski definition) is 1. The standard InChI is InChI=1S/C13H18N2O/c1-7(2)10-5-9-6-12-11(4-8(3)16-12)15-13(9)14-10/h6-8,10H,4-5H2,1-3H3,(H,14,15). The summed E-state index contributed by atoms with van der Waals surface area (Å²) in [7, 11) is 0. The highest BCUT2D eigenvalue weighted by atomic mass is 16.5. The van der Waals surface area contributed by atoms with Gasteiger partial charge in [-0.05, 0) is 25.3 Å². The van der Waals surface area contributed by atoms with Crippen molar-refractivity contribution in [2.75, 3.05) is 5.32 Å². The van der Waals surface area contributed by atoms with Crippen molar-refractivity contribution in [2.45, 2.75) is 45.8 Å². The summed E-state index contributed by atoms with van der Waals surface area (Å²) in [6.07, 6.45) is 2.30. The highest BCUT2D eigenvalue weighted by Crippen LogP contribution is 2.35. The van der Waals surface area contributed by atoms with Gasteiger partial charge in [-0.15, -0.1) is 0 Å². The third kappa shape index (κ3) is 1.46. The molecule has 3 heterocycles. The molecule has 3 heteroatoms. The first-order valence-corrected chi connectivity index (χ1v) is 6.09. The molecule has 2 atom stereocenters. The molecule has 1 N–H and O–H groups in total. The maximum atomic E-state index is 5.74. The summed E-state index contributed by atoms with van der Waals surface area (Å²) in [5, 5.41) is 3.51. The van der Waals surface area contributed by atoms with Crippen molar-refractivity contribution < 1.29 is 4.74 Å². The topological polar surface area (TPSA) is 34.1 Å². The number of nitrogens with one attached hydrogen (secondary N) is 1. The van der Waals surface area contributed by atoms with Gasteiger partial charge in [-0.1, -0.05) is 13.8 Å². The van der Waals surface area contributed by atoms with Crippen LogP contribution in [-0.4, -0.2) is 17.1 Å². The van der Waals surface area contributed by atoms with Gasteiger partial charge in [0.15, 0.2) is 0 Å². The van der Waals surface area contributed by atoms with E-state index >= 15 is 0 Å². The van der Waals surface area contributed by atoms with Crippen LogP contribution in [-0.2, 0) is 12.8 Å². The molecule has 3 nitrogen and oxygen atoms in total. The first-order chi connectivity index (χ1) is 7.63. The highest BCUT2D eigenvalue weighted by Gasteiger charge is 2.29. The average molecular weight is 218 g/mol. The van der Waals surface area contributed by atoms with Crippen molar-refractivity contribution in [2.24, 2.45) is 5.92 Å². The van der Waals surface area contributed by atoms with E-state index in [4.69, 9.17) is 4.74 Å². The lowest BCUT2D eigenvalue weighted by molar-refractivity contribution is 0.254. The minimum absolute atomic E-state index is 0.283. The molecule has 86 valence electrons. The Morgan fingerprint density at radius 1 is 1.44 bits per heavy atom. The smallest absolute Gasteiger partial charge is 0.141 e. The van der Waals surface area contributed by atoms with Gasteiger partial charge in [-0.25, -0.2) is 4.98 Å². The molecule has 2 unspecified atom stereocenters. The second-order valence-electron chi connectivity index (χ2n) is 5.27.